The van der Waals surface area contributed by atoms with Crippen molar-refractivity contribution >= 4 is 11.6 Å². The number of rotatable bonds is 12. The summed E-state index contributed by atoms with van der Waals surface area (Å²) in [6.07, 6.45) is -3.27. The van der Waals surface area contributed by atoms with Gasteiger partial charge in [0.1, 0.15) is 5.75 Å². The van der Waals surface area contributed by atoms with Gasteiger partial charge in [-0.1, -0.05) is 78.3 Å². The lowest BCUT2D eigenvalue weighted by atomic mass is 10.00. The Morgan fingerprint density at radius 2 is 1.82 bits per heavy atom. The molecular weight excluding hydrogens is 515 g/mol. The molecule has 6 nitrogen and oxygen atoms in total. The SMILES string of the molecule is C[C@H](CN(CCCOc1cccc(Cc2nn[nH]n2)c1)Cc1cccc(C(F)(F)F)c1Cl)c1ccccc1. The van der Waals surface area contributed by atoms with Crippen molar-refractivity contribution in [2.75, 3.05) is 19.7 Å². The highest BCUT2D eigenvalue weighted by Crippen LogP contribution is 2.36. The Bertz CT molecular complexity index is 1290. The number of nitrogens with zero attached hydrogens (tertiary/aromatic N) is 4. The molecule has 3 aromatic carbocycles. The number of aromatic nitrogens is 4. The first-order valence-electron chi connectivity index (χ1n) is 12.4. The molecule has 0 aliphatic rings. The van der Waals surface area contributed by atoms with Crippen LogP contribution in [0.25, 0.3) is 0 Å². The van der Waals surface area contributed by atoms with Crippen LogP contribution in [0.3, 0.4) is 0 Å². The average Bonchev–Trinajstić information content (AvgIpc) is 3.41. The van der Waals surface area contributed by atoms with E-state index in [4.69, 9.17) is 16.3 Å². The highest BCUT2D eigenvalue weighted by molar-refractivity contribution is 6.32. The van der Waals surface area contributed by atoms with Crippen molar-refractivity contribution in [2.45, 2.75) is 38.4 Å². The van der Waals surface area contributed by atoms with E-state index < -0.39 is 11.7 Å². The molecule has 10 heteroatoms. The predicted octanol–water partition coefficient (Wildman–Crippen LogP) is 6.54. The van der Waals surface area contributed by atoms with Crippen molar-refractivity contribution in [3.8, 4) is 5.75 Å². The minimum absolute atomic E-state index is 0.184. The fourth-order valence-electron chi connectivity index (χ4n) is 4.33. The highest BCUT2D eigenvalue weighted by atomic mass is 35.5. The van der Waals surface area contributed by atoms with Crippen LogP contribution in [0, 0.1) is 0 Å². The van der Waals surface area contributed by atoms with E-state index in [0.717, 1.165) is 17.4 Å². The number of nitrogens with one attached hydrogen (secondary N) is 1. The maximum atomic E-state index is 13.4. The van der Waals surface area contributed by atoms with E-state index in [1.165, 1.54) is 11.6 Å². The third-order valence-corrected chi connectivity index (χ3v) is 6.66. The summed E-state index contributed by atoms with van der Waals surface area (Å²) in [5.41, 5.74) is 1.82. The molecule has 0 aliphatic carbocycles. The molecule has 1 N–H and O–H groups in total. The number of alkyl halides is 3. The van der Waals surface area contributed by atoms with Crippen molar-refractivity contribution in [1.82, 2.24) is 25.5 Å². The van der Waals surface area contributed by atoms with E-state index >= 15 is 0 Å². The van der Waals surface area contributed by atoms with Crippen LogP contribution < -0.4 is 4.74 Å². The first-order valence-corrected chi connectivity index (χ1v) is 12.7. The number of halogens is 4. The predicted molar refractivity (Wildman–Crippen MR) is 140 cm³/mol. The van der Waals surface area contributed by atoms with Crippen LogP contribution in [-0.4, -0.2) is 45.2 Å². The largest absolute Gasteiger partial charge is 0.494 e. The molecule has 1 heterocycles. The summed E-state index contributed by atoms with van der Waals surface area (Å²) in [6.45, 7) is 4.17. The van der Waals surface area contributed by atoms with E-state index in [1.54, 1.807) is 6.07 Å². The summed E-state index contributed by atoms with van der Waals surface area (Å²) < 4.78 is 46.2. The van der Waals surface area contributed by atoms with Gasteiger partial charge >= 0.3 is 6.18 Å². The molecule has 38 heavy (non-hydrogen) atoms. The molecule has 0 radical (unpaired) electrons. The smallest absolute Gasteiger partial charge is 0.417 e. The second kappa shape index (κ2) is 12.9. The van der Waals surface area contributed by atoms with Gasteiger partial charge in [0.15, 0.2) is 5.82 Å². The van der Waals surface area contributed by atoms with Crippen molar-refractivity contribution in [3.63, 3.8) is 0 Å². The number of ether oxygens (including phenoxy) is 1. The monoisotopic (exact) mass is 543 g/mol. The van der Waals surface area contributed by atoms with Gasteiger partial charge < -0.3 is 4.74 Å². The zero-order valence-corrected chi connectivity index (χ0v) is 21.7. The fourth-order valence-corrected chi connectivity index (χ4v) is 4.63. The van der Waals surface area contributed by atoms with Gasteiger partial charge in [-0.25, -0.2) is 0 Å². The van der Waals surface area contributed by atoms with Crippen LogP contribution in [0.4, 0.5) is 13.2 Å². The fraction of sp³-hybridized carbons (Fsp3) is 0.321. The lowest BCUT2D eigenvalue weighted by molar-refractivity contribution is -0.137. The minimum Gasteiger partial charge on any atom is -0.494 e. The highest BCUT2D eigenvalue weighted by Gasteiger charge is 2.34. The summed E-state index contributed by atoms with van der Waals surface area (Å²) in [7, 11) is 0. The van der Waals surface area contributed by atoms with E-state index in [0.29, 0.717) is 50.5 Å². The molecular formula is C28H29ClF3N5O. The molecule has 0 saturated heterocycles. The molecule has 0 spiro atoms. The van der Waals surface area contributed by atoms with Gasteiger partial charge in [0.25, 0.3) is 0 Å². The molecule has 0 amide bonds. The summed E-state index contributed by atoms with van der Waals surface area (Å²) in [6, 6.07) is 21.8. The van der Waals surface area contributed by atoms with Gasteiger partial charge in [-0.3, -0.25) is 4.90 Å². The quantitative estimate of drug-likeness (QED) is 0.206. The number of hydrogen-bond donors (Lipinski definition) is 1. The lowest BCUT2D eigenvalue weighted by Gasteiger charge is -2.27. The van der Waals surface area contributed by atoms with Gasteiger partial charge in [-0.15, -0.1) is 10.2 Å². The third kappa shape index (κ3) is 7.79. The van der Waals surface area contributed by atoms with Crippen LogP contribution in [0.15, 0.2) is 72.8 Å². The molecule has 0 unspecified atom stereocenters. The zero-order chi connectivity index (χ0) is 27.0. The van der Waals surface area contributed by atoms with Crippen molar-refractivity contribution in [1.29, 1.82) is 0 Å². The molecule has 0 fully saturated rings. The second-order valence-electron chi connectivity index (χ2n) is 9.18. The molecule has 0 aliphatic heterocycles. The molecule has 0 bridgehead atoms. The van der Waals surface area contributed by atoms with Crippen LogP contribution in [0.1, 0.15) is 47.3 Å². The van der Waals surface area contributed by atoms with E-state index in [2.05, 4.69) is 44.6 Å². The van der Waals surface area contributed by atoms with E-state index in [1.807, 2.05) is 42.5 Å². The Morgan fingerprint density at radius 3 is 2.55 bits per heavy atom. The number of benzene rings is 3. The third-order valence-electron chi connectivity index (χ3n) is 6.22. The second-order valence-corrected chi connectivity index (χ2v) is 9.56. The van der Waals surface area contributed by atoms with E-state index in [-0.39, 0.29) is 10.9 Å². The van der Waals surface area contributed by atoms with Crippen molar-refractivity contribution < 1.29 is 17.9 Å². The van der Waals surface area contributed by atoms with Crippen LogP contribution in [0.2, 0.25) is 5.02 Å². The Labute approximate surface area is 224 Å². The molecule has 0 saturated carbocycles. The normalized spacial score (nSPS) is 12.6. The Balaban J connectivity index is 1.40. The molecule has 4 rings (SSSR count). The number of hydrogen-bond acceptors (Lipinski definition) is 5. The van der Waals surface area contributed by atoms with Gasteiger partial charge in [0, 0.05) is 26.1 Å². The number of H-pyrrole nitrogens is 1. The molecule has 1 atom stereocenters. The first-order chi connectivity index (χ1) is 18.3. The Kier molecular flexibility index (Phi) is 9.36. The van der Waals surface area contributed by atoms with Crippen molar-refractivity contribution in [3.05, 3.63) is 106 Å². The first kappa shape index (κ1) is 27.6. The minimum atomic E-state index is -4.50. The summed E-state index contributed by atoms with van der Waals surface area (Å²) in [5, 5.41) is 13.7. The molecule has 1 aromatic heterocycles. The van der Waals surface area contributed by atoms with Crippen LogP contribution in [-0.2, 0) is 19.1 Å². The topological polar surface area (TPSA) is 66.9 Å². The maximum Gasteiger partial charge on any atom is 0.417 e. The van der Waals surface area contributed by atoms with Crippen molar-refractivity contribution in [2.24, 2.45) is 0 Å². The van der Waals surface area contributed by atoms with Gasteiger partial charge in [0.05, 0.1) is 17.2 Å². The van der Waals surface area contributed by atoms with Gasteiger partial charge in [0.2, 0.25) is 0 Å². The standard InChI is InChI=1S/C28H29ClF3N5O/c1-20(22-9-3-2-4-10-22)18-37(19-23-11-6-13-25(27(23)29)28(30,31)32)14-7-15-38-24-12-5-8-21(16-24)17-26-33-35-36-34-26/h2-6,8-13,16,20H,7,14-15,17-19H2,1H3,(H,33,34,35,36)/t20-/m1/s1. The average molecular weight is 544 g/mol. The Morgan fingerprint density at radius 1 is 1.03 bits per heavy atom. The van der Waals surface area contributed by atoms with Crippen LogP contribution >= 0.6 is 11.6 Å². The molecule has 200 valence electrons. The van der Waals surface area contributed by atoms with Crippen LogP contribution in [0.5, 0.6) is 5.75 Å². The molecule has 4 aromatic rings. The maximum absolute atomic E-state index is 13.4. The van der Waals surface area contributed by atoms with E-state index in [9.17, 15) is 13.2 Å². The van der Waals surface area contributed by atoms with Gasteiger partial charge in [-0.05, 0) is 47.2 Å². The lowest BCUT2D eigenvalue weighted by Crippen LogP contribution is -2.30. The Hall–Kier alpha value is -3.43. The summed E-state index contributed by atoms with van der Waals surface area (Å²) in [5.74, 6) is 1.51. The summed E-state index contributed by atoms with van der Waals surface area (Å²) in [4.78, 5) is 2.13. The number of aromatic amines is 1. The van der Waals surface area contributed by atoms with Gasteiger partial charge in [-0.2, -0.15) is 18.4 Å². The summed E-state index contributed by atoms with van der Waals surface area (Å²) >= 11 is 6.21. The number of tetrazole rings is 1. The zero-order valence-electron chi connectivity index (χ0n) is 21.0.